The van der Waals surface area contributed by atoms with Gasteiger partial charge in [0.05, 0.1) is 6.61 Å². The van der Waals surface area contributed by atoms with E-state index in [0.717, 1.165) is 16.8 Å². The summed E-state index contributed by atoms with van der Waals surface area (Å²) in [6.45, 7) is 2.76. The molecule has 1 aliphatic rings. The summed E-state index contributed by atoms with van der Waals surface area (Å²) in [6.07, 6.45) is 0. The monoisotopic (exact) mass is 368 g/mol. The summed E-state index contributed by atoms with van der Waals surface area (Å²) in [7, 11) is 4.13. The third-order valence-corrected chi connectivity index (χ3v) is 5.88. The average molecular weight is 368 g/mol. The minimum Gasteiger partial charge on any atom is -0.378 e. The van der Waals surface area contributed by atoms with Gasteiger partial charge in [0.2, 0.25) is 0 Å². The Balaban J connectivity index is 1.83. The van der Waals surface area contributed by atoms with E-state index in [1.807, 2.05) is 0 Å². The standard InChI is InChI=1S/C25H24N2O/c1-17-24(21-9-5-7-11-23(21)26-17)25(19-12-14-20(15-13-19)27(2)3)22-10-6-4-8-18(22)16-28-25/h4-15,26H,16H2,1-3H3. The topological polar surface area (TPSA) is 28.3 Å². The number of anilines is 1. The molecule has 3 aromatic carbocycles. The van der Waals surface area contributed by atoms with Gasteiger partial charge in [0, 0.05) is 41.9 Å². The van der Waals surface area contributed by atoms with Crippen LogP contribution >= 0.6 is 0 Å². The van der Waals surface area contributed by atoms with Gasteiger partial charge >= 0.3 is 0 Å². The largest absolute Gasteiger partial charge is 0.378 e. The summed E-state index contributed by atoms with van der Waals surface area (Å²) in [4.78, 5) is 5.69. The number of aromatic amines is 1. The molecule has 1 aliphatic heterocycles. The molecule has 2 heterocycles. The first-order chi connectivity index (χ1) is 13.6. The summed E-state index contributed by atoms with van der Waals surface area (Å²) >= 11 is 0. The van der Waals surface area contributed by atoms with Crippen LogP contribution in [0.15, 0.2) is 72.8 Å². The second-order valence-electron chi connectivity index (χ2n) is 7.74. The number of hydrogen-bond acceptors (Lipinski definition) is 2. The lowest BCUT2D eigenvalue weighted by Crippen LogP contribution is -2.29. The lowest BCUT2D eigenvalue weighted by atomic mass is 9.78. The SMILES string of the molecule is Cc1[nH]c2ccccc2c1C1(c2ccc(N(C)C)cc2)OCc2ccccc21. The molecule has 0 aliphatic carbocycles. The van der Waals surface area contributed by atoms with Crippen molar-refractivity contribution in [1.82, 2.24) is 4.98 Å². The van der Waals surface area contributed by atoms with Crippen molar-refractivity contribution in [2.24, 2.45) is 0 Å². The normalized spacial score (nSPS) is 18.4. The van der Waals surface area contributed by atoms with Crippen molar-refractivity contribution in [3.8, 4) is 0 Å². The first-order valence-corrected chi connectivity index (χ1v) is 9.69. The van der Waals surface area contributed by atoms with Crippen molar-refractivity contribution < 1.29 is 4.74 Å². The number of fused-ring (bicyclic) bond motifs is 2. The third-order valence-electron chi connectivity index (χ3n) is 5.88. The highest BCUT2D eigenvalue weighted by molar-refractivity contribution is 5.87. The molecule has 1 N–H and O–H groups in total. The number of aromatic nitrogens is 1. The van der Waals surface area contributed by atoms with Crippen molar-refractivity contribution >= 4 is 16.6 Å². The molecule has 4 aromatic rings. The molecule has 0 fully saturated rings. The predicted molar refractivity (Wildman–Crippen MR) is 115 cm³/mol. The molecule has 140 valence electrons. The molecule has 3 nitrogen and oxygen atoms in total. The molecule has 0 amide bonds. The fourth-order valence-electron chi connectivity index (χ4n) is 4.57. The van der Waals surface area contributed by atoms with Crippen molar-refractivity contribution in [2.75, 3.05) is 19.0 Å². The van der Waals surface area contributed by atoms with Gasteiger partial charge in [-0.05, 0) is 41.8 Å². The number of para-hydroxylation sites is 1. The Hall–Kier alpha value is -3.04. The Morgan fingerprint density at radius 3 is 2.39 bits per heavy atom. The highest BCUT2D eigenvalue weighted by Gasteiger charge is 2.45. The zero-order valence-corrected chi connectivity index (χ0v) is 16.5. The molecular weight excluding hydrogens is 344 g/mol. The fraction of sp³-hybridized carbons (Fsp3) is 0.200. The van der Waals surface area contributed by atoms with E-state index in [2.05, 4.69) is 104 Å². The van der Waals surface area contributed by atoms with Crippen LogP contribution in [-0.2, 0) is 16.9 Å². The number of H-pyrrole nitrogens is 1. The van der Waals surface area contributed by atoms with Gasteiger partial charge < -0.3 is 14.6 Å². The highest BCUT2D eigenvalue weighted by Crippen LogP contribution is 2.50. The van der Waals surface area contributed by atoms with E-state index in [9.17, 15) is 0 Å². The molecule has 1 atom stereocenters. The highest BCUT2D eigenvalue weighted by atomic mass is 16.5. The van der Waals surface area contributed by atoms with Crippen molar-refractivity contribution in [1.29, 1.82) is 0 Å². The summed E-state index contributed by atoms with van der Waals surface area (Å²) in [5.41, 5.74) is 7.74. The molecule has 0 spiro atoms. The van der Waals surface area contributed by atoms with Crippen molar-refractivity contribution in [3.05, 3.63) is 101 Å². The van der Waals surface area contributed by atoms with Crippen LogP contribution in [0.2, 0.25) is 0 Å². The van der Waals surface area contributed by atoms with Crippen LogP contribution in [0, 0.1) is 6.92 Å². The Bertz CT molecular complexity index is 1160. The minimum absolute atomic E-state index is 0.606. The second-order valence-corrected chi connectivity index (χ2v) is 7.74. The maximum atomic E-state index is 6.70. The van der Waals surface area contributed by atoms with E-state index in [1.165, 1.54) is 27.8 Å². The molecule has 3 heteroatoms. The summed E-state index contributed by atoms with van der Waals surface area (Å²) < 4.78 is 6.70. The van der Waals surface area contributed by atoms with E-state index < -0.39 is 5.60 Å². The number of benzene rings is 3. The van der Waals surface area contributed by atoms with Crippen molar-refractivity contribution in [2.45, 2.75) is 19.1 Å². The maximum absolute atomic E-state index is 6.70. The maximum Gasteiger partial charge on any atom is 0.146 e. The van der Waals surface area contributed by atoms with E-state index in [4.69, 9.17) is 4.74 Å². The molecule has 28 heavy (non-hydrogen) atoms. The van der Waals surface area contributed by atoms with Crippen molar-refractivity contribution in [3.63, 3.8) is 0 Å². The molecule has 0 saturated heterocycles. The third kappa shape index (κ3) is 2.33. The van der Waals surface area contributed by atoms with Gasteiger partial charge in [0.1, 0.15) is 5.60 Å². The van der Waals surface area contributed by atoms with Crippen LogP contribution in [0.5, 0.6) is 0 Å². The van der Waals surface area contributed by atoms with E-state index in [0.29, 0.717) is 6.61 Å². The van der Waals surface area contributed by atoms with Crippen LogP contribution in [0.1, 0.15) is 27.9 Å². The second kappa shape index (κ2) is 6.25. The lowest BCUT2D eigenvalue weighted by molar-refractivity contribution is 0.0274. The number of nitrogens with zero attached hydrogens (tertiary/aromatic N) is 1. The zero-order chi connectivity index (χ0) is 19.3. The summed E-state index contributed by atoms with van der Waals surface area (Å²) in [5, 5.41) is 1.22. The van der Waals surface area contributed by atoms with E-state index >= 15 is 0 Å². The number of aryl methyl sites for hydroxylation is 1. The predicted octanol–water partition coefficient (Wildman–Crippen LogP) is 5.36. The molecule has 1 unspecified atom stereocenters. The van der Waals surface area contributed by atoms with Gasteiger partial charge in [-0.1, -0.05) is 54.6 Å². The van der Waals surface area contributed by atoms with Gasteiger partial charge in [0.25, 0.3) is 0 Å². The molecular formula is C25H24N2O. The Labute approximate surface area is 165 Å². The van der Waals surface area contributed by atoms with Crippen LogP contribution in [0.3, 0.4) is 0 Å². The first-order valence-electron chi connectivity index (χ1n) is 9.69. The number of rotatable bonds is 3. The first kappa shape index (κ1) is 17.1. The van der Waals surface area contributed by atoms with Crippen LogP contribution in [0.25, 0.3) is 10.9 Å². The smallest absolute Gasteiger partial charge is 0.146 e. The Morgan fingerprint density at radius 2 is 1.61 bits per heavy atom. The molecule has 0 bridgehead atoms. The molecule has 5 rings (SSSR count). The fourth-order valence-corrected chi connectivity index (χ4v) is 4.57. The van der Waals surface area contributed by atoms with Gasteiger partial charge in [-0.3, -0.25) is 0 Å². The van der Waals surface area contributed by atoms with E-state index in [-0.39, 0.29) is 0 Å². The summed E-state index contributed by atoms with van der Waals surface area (Å²) in [6, 6.07) is 25.8. The van der Waals surface area contributed by atoms with Crippen LogP contribution in [-0.4, -0.2) is 19.1 Å². The number of nitrogens with one attached hydrogen (secondary N) is 1. The quantitative estimate of drug-likeness (QED) is 0.527. The van der Waals surface area contributed by atoms with Crippen LogP contribution in [0.4, 0.5) is 5.69 Å². The van der Waals surface area contributed by atoms with Gasteiger partial charge in [-0.2, -0.15) is 0 Å². The molecule has 1 aromatic heterocycles. The number of hydrogen-bond donors (Lipinski definition) is 1. The average Bonchev–Trinajstić information content (AvgIpc) is 3.26. The van der Waals surface area contributed by atoms with Gasteiger partial charge in [-0.25, -0.2) is 0 Å². The lowest BCUT2D eigenvalue weighted by Gasteiger charge is -2.32. The van der Waals surface area contributed by atoms with Gasteiger partial charge in [0.15, 0.2) is 0 Å². The number of ether oxygens (including phenoxy) is 1. The molecule has 0 radical (unpaired) electrons. The zero-order valence-electron chi connectivity index (χ0n) is 16.5. The Morgan fingerprint density at radius 1 is 0.893 bits per heavy atom. The molecule has 0 saturated carbocycles. The van der Waals surface area contributed by atoms with Gasteiger partial charge in [-0.15, -0.1) is 0 Å². The summed E-state index contributed by atoms with van der Waals surface area (Å²) in [5.74, 6) is 0. The minimum atomic E-state index is -0.606. The Kier molecular flexibility index (Phi) is 3.81. The van der Waals surface area contributed by atoms with Crippen LogP contribution < -0.4 is 4.90 Å². The van der Waals surface area contributed by atoms with E-state index in [1.54, 1.807) is 0 Å².